The topological polar surface area (TPSA) is 15.3 Å². The fourth-order valence-electron chi connectivity index (χ4n) is 2.53. The number of nitrogens with one attached hydrogen (secondary N) is 1. The SMILES string of the molecule is Cc1cccc(CNC2CCCN(C)CC2)c1. The highest BCUT2D eigenvalue weighted by Gasteiger charge is 2.13. The average Bonchev–Trinajstić information content (AvgIpc) is 2.52. The second kappa shape index (κ2) is 6.18. The third kappa shape index (κ3) is 4.14. The zero-order chi connectivity index (χ0) is 12.1. The van der Waals surface area contributed by atoms with Gasteiger partial charge in [-0.15, -0.1) is 0 Å². The number of likely N-dealkylation sites (tertiary alicyclic amines) is 1. The first-order chi connectivity index (χ1) is 8.24. The summed E-state index contributed by atoms with van der Waals surface area (Å²) in [5, 5.41) is 3.70. The molecule has 1 saturated heterocycles. The molecule has 0 spiro atoms. The fraction of sp³-hybridized carbons (Fsp3) is 0.600. The van der Waals surface area contributed by atoms with Gasteiger partial charge in [0.15, 0.2) is 0 Å². The van der Waals surface area contributed by atoms with Crippen LogP contribution in [0.25, 0.3) is 0 Å². The largest absolute Gasteiger partial charge is 0.310 e. The molecule has 94 valence electrons. The van der Waals surface area contributed by atoms with Crippen molar-refractivity contribution in [2.45, 2.75) is 38.8 Å². The molecule has 0 amide bonds. The molecule has 1 atom stereocenters. The summed E-state index contributed by atoms with van der Waals surface area (Å²) in [5.41, 5.74) is 2.76. The minimum atomic E-state index is 0.695. The molecule has 0 aromatic heterocycles. The van der Waals surface area contributed by atoms with E-state index in [9.17, 15) is 0 Å². The Balaban J connectivity index is 1.81. The summed E-state index contributed by atoms with van der Waals surface area (Å²) >= 11 is 0. The van der Waals surface area contributed by atoms with Gasteiger partial charge in [-0.05, 0) is 51.9 Å². The Morgan fingerprint density at radius 2 is 2.18 bits per heavy atom. The van der Waals surface area contributed by atoms with E-state index in [1.807, 2.05) is 0 Å². The monoisotopic (exact) mass is 232 g/mol. The molecule has 1 fully saturated rings. The fourth-order valence-corrected chi connectivity index (χ4v) is 2.53. The maximum absolute atomic E-state index is 3.70. The molecule has 1 aromatic rings. The van der Waals surface area contributed by atoms with Gasteiger partial charge in [-0.25, -0.2) is 0 Å². The van der Waals surface area contributed by atoms with Gasteiger partial charge in [0.05, 0.1) is 0 Å². The summed E-state index contributed by atoms with van der Waals surface area (Å²) in [4.78, 5) is 2.44. The van der Waals surface area contributed by atoms with Crippen LogP contribution in [-0.2, 0) is 6.54 Å². The molecule has 1 aliphatic heterocycles. The van der Waals surface area contributed by atoms with Crippen LogP contribution in [0.1, 0.15) is 30.4 Å². The molecule has 0 aliphatic carbocycles. The summed E-state index contributed by atoms with van der Waals surface area (Å²) < 4.78 is 0. The number of benzene rings is 1. The van der Waals surface area contributed by atoms with Gasteiger partial charge in [-0.3, -0.25) is 0 Å². The van der Waals surface area contributed by atoms with Crippen molar-refractivity contribution < 1.29 is 0 Å². The highest BCUT2D eigenvalue weighted by molar-refractivity contribution is 5.22. The molecular weight excluding hydrogens is 208 g/mol. The van der Waals surface area contributed by atoms with Gasteiger partial charge in [0.1, 0.15) is 0 Å². The molecule has 1 aliphatic rings. The van der Waals surface area contributed by atoms with Gasteiger partial charge in [0.25, 0.3) is 0 Å². The summed E-state index contributed by atoms with van der Waals surface area (Å²) in [6.45, 7) is 5.65. The minimum Gasteiger partial charge on any atom is -0.310 e. The second-order valence-electron chi connectivity index (χ2n) is 5.30. The van der Waals surface area contributed by atoms with E-state index >= 15 is 0 Å². The number of aryl methyl sites for hydroxylation is 1. The lowest BCUT2D eigenvalue weighted by atomic mass is 10.1. The Labute approximate surface area is 105 Å². The van der Waals surface area contributed by atoms with Crippen molar-refractivity contribution in [1.29, 1.82) is 0 Å². The summed E-state index contributed by atoms with van der Waals surface area (Å²) in [6.07, 6.45) is 3.92. The van der Waals surface area contributed by atoms with Crippen LogP contribution in [0.4, 0.5) is 0 Å². The zero-order valence-electron chi connectivity index (χ0n) is 11.1. The van der Waals surface area contributed by atoms with E-state index in [1.165, 1.54) is 43.5 Å². The predicted octanol–water partition coefficient (Wildman–Crippen LogP) is 2.57. The molecule has 1 heterocycles. The number of hydrogen-bond donors (Lipinski definition) is 1. The standard InChI is InChI=1S/C15H24N2/c1-13-5-3-6-14(11-13)12-16-15-7-4-9-17(2)10-8-15/h3,5-6,11,15-16H,4,7-10,12H2,1-2H3. The normalized spacial score (nSPS) is 22.4. The van der Waals surface area contributed by atoms with Crippen molar-refractivity contribution in [3.8, 4) is 0 Å². The first-order valence-electron chi connectivity index (χ1n) is 6.71. The minimum absolute atomic E-state index is 0.695. The molecular formula is C15H24N2. The molecule has 0 radical (unpaired) electrons. The van der Waals surface area contributed by atoms with E-state index in [0.29, 0.717) is 6.04 Å². The smallest absolute Gasteiger partial charge is 0.0208 e. The third-order valence-corrected chi connectivity index (χ3v) is 3.63. The molecule has 1 aromatic carbocycles. The van der Waals surface area contributed by atoms with Crippen molar-refractivity contribution in [2.75, 3.05) is 20.1 Å². The Hall–Kier alpha value is -0.860. The van der Waals surface area contributed by atoms with Crippen LogP contribution >= 0.6 is 0 Å². The average molecular weight is 232 g/mol. The summed E-state index contributed by atoms with van der Waals surface area (Å²) in [7, 11) is 2.23. The highest BCUT2D eigenvalue weighted by atomic mass is 15.1. The van der Waals surface area contributed by atoms with E-state index in [0.717, 1.165) is 6.54 Å². The molecule has 2 rings (SSSR count). The van der Waals surface area contributed by atoms with Gasteiger partial charge >= 0.3 is 0 Å². The van der Waals surface area contributed by atoms with Crippen LogP contribution < -0.4 is 5.32 Å². The summed E-state index contributed by atoms with van der Waals surface area (Å²) in [5.74, 6) is 0. The van der Waals surface area contributed by atoms with Crippen molar-refractivity contribution >= 4 is 0 Å². The molecule has 1 N–H and O–H groups in total. The van der Waals surface area contributed by atoms with E-state index < -0.39 is 0 Å². The maximum Gasteiger partial charge on any atom is 0.0208 e. The first-order valence-corrected chi connectivity index (χ1v) is 6.71. The Morgan fingerprint density at radius 3 is 3.00 bits per heavy atom. The van der Waals surface area contributed by atoms with Gasteiger partial charge in [-0.1, -0.05) is 29.8 Å². The van der Waals surface area contributed by atoms with Crippen LogP contribution in [0.15, 0.2) is 24.3 Å². The van der Waals surface area contributed by atoms with Gasteiger partial charge < -0.3 is 10.2 Å². The lowest BCUT2D eigenvalue weighted by Crippen LogP contribution is -2.29. The second-order valence-corrected chi connectivity index (χ2v) is 5.30. The van der Waals surface area contributed by atoms with Crippen LogP contribution in [0.2, 0.25) is 0 Å². The highest BCUT2D eigenvalue weighted by Crippen LogP contribution is 2.11. The van der Waals surface area contributed by atoms with E-state index in [4.69, 9.17) is 0 Å². The van der Waals surface area contributed by atoms with Crippen molar-refractivity contribution in [3.63, 3.8) is 0 Å². The first kappa shape index (κ1) is 12.6. The Bertz CT molecular complexity index is 349. The van der Waals surface area contributed by atoms with Crippen LogP contribution in [-0.4, -0.2) is 31.1 Å². The van der Waals surface area contributed by atoms with E-state index in [1.54, 1.807) is 0 Å². The quantitative estimate of drug-likeness (QED) is 0.861. The predicted molar refractivity (Wildman–Crippen MR) is 73.2 cm³/mol. The molecule has 0 bridgehead atoms. The molecule has 0 saturated carbocycles. The van der Waals surface area contributed by atoms with Crippen LogP contribution in [0, 0.1) is 6.92 Å². The van der Waals surface area contributed by atoms with E-state index in [2.05, 4.69) is 48.5 Å². The van der Waals surface area contributed by atoms with Crippen LogP contribution in [0.5, 0.6) is 0 Å². The molecule has 17 heavy (non-hydrogen) atoms. The maximum atomic E-state index is 3.70. The number of rotatable bonds is 3. The zero-order valence-corrected chi connectivity index (χ0v) is 11.1. The molecule has 1 unspecified atom stereocenters. The Kier molecular flexibility index (Phi) is 4.57. The van der Waals surface area contributed by atoms with Gasteiger partial charge in [-0.2, -0.15) is 0 Å². The van der Waals surface area contributed by atoms with Crippen molar-refractivity contribution in [3.05, 3.63) is 35.4 Å². The van der Waals surface area contributed by atoms with Crippen molar-refractivity contribution in [2.24, 2.45) is 0 Å². The number of nitrogens with zero attached hydrogens (tertiary/aromatic N) is 1. The summed E-state index contributed by atoms with van der Waals surface area (Å²) in [6, 6.07) is 9.48. The number of hydrogen-bond acceptors (Lipinski definition) is 2. The van der Waals surface area contributed by atoms with Crippen LogP contribution in [0.3, 0.4) is 0 Å². The van der Waals surface area contributed by atoms with Crippen molar-refractivity contribution in [1.82, 2.24) is 10.2 Å². The van der Waals surface area contributed by atoms with E-state index in [-0.39, 0.29) is 0 Å². The molecule has 2 nitrogen and oxygen atoms in total. The van der Waals surface area contributed by atoms with Gasteiger partial charge in [0.2, 0.25) is 0 Å². The lowest BCUT2D eigenvalue weighted by Gasteiger charge is -2.17. The Morgan fingerprint density at radius 1 is 1.29 bits per heavy atom. The molecule has 2 heteroatoms. The lowest BCUT2D eigenvalue weighted by molar-refractivity contribution is 0.343. The van der Waals surface area contributed by atoms with Gasteiger partial charge in [0, 0.05) is 12.6 Å². The third-order valence-electron chi connectivity index (χ3n) is 3.63.